The fourth-order valence-electron chi connectivity index (χ4n) is 12.7. The van der Waals surface area contributed by atoms with E-state index in [2.05, 4.69) is 16.0 Å². The minimum atomic E-state index is -2.40. The van der Waals surface area contributed by atoms with Crippen LogP contribution < -0.4 is 16.0 Å². The molecule has 8 saturated heterocycles. The zero-order valence-electron chi connectivity index (χ0n) is 54.0. The van der Waals surface area contributed by atoms with Crippen molar-refractivity contribution in [1.29, 1.82) is 0 Å². The Bertz CT molecular complexity index is 2530. The van der Waals surface area contributed by atoms with Crippen LogP contribution in [0.15, 0.2) is 0 Å². The standard InChI is InChI=1S/C56H95N3O41/c1-14-27(70)33(76)37(80)52(86-14)97-45-26(59-17(4)69)50(99-47-31(74)20(7-62)88-54(40(47)83)94-43-23(10-65)93-51(39(82)36(43)79)85-12-18(5-60)57-13-67)92-24(11-66)44(45)96-55-41(84)46(30(73)21(8-63)89-55)98-49-25(58-16(3)68)32(75)42(22(9-64)91-49)95-56-48(35(78)29(72)19(6-61)90-56)100-53-38(81)34(77)28(71)15(2)87-53/h13-15,18-56,60-66,70-84H,5-12H2,1-4H3,(H,57,67)(H,58,68)(H,59,69)/t14-,15-,18+,19+,20+,21+,22+,23+,24+,25+,26+,27+,28+,29-,30-,31-,32+,33+,34+,35-,36+,37-,38-,39+,40+,41+,42+,43+,44+,45+,46-,47-,48+,49-,50-,51+,52-,53-,54-,55-,56-/m0/s1. The molecule has 0 bridgehead atoms. The van der Waals surface area contributed by atoms with Crippen molar-refractivity contribution in [1.82, 2.24) is 16.0 Å². The molecule has 44 heteroatoms. The molecule has 0 aromatic rings. The third kappa shape index (κ3) is 18.1. The highest BCUT2D eigenvalue weighted by Gasteiger charge is 2.61. The fourth-order valence-corrected chi connectivity index (χ4v) is 12.7. The number of carbonyl (C=O) groups is 3. The molecule has 0 aromatic heterocycles. The van der Waals surface area contributed by atoms with Crippen LogP contribution in [0.1, 0.15) is 27.7 Å². The summed E-state index contributed by atoms with van der Waals surface area (Å²) in [5.41, 5.74) is 0. The Hall–Kier alpha value is -3.11. The summed E-state index contributed by atoms with van der Waals surface area (Å²) in [6, 6.07) is -4.90. The molecule has 3 amide bonds. The van der Waals surface area contributed by atoms with Gasteiger partial charge in [0.2, 0.25) is 18.2 Å². The van der Waals surface area contributed by atoms with Crippen LogP contribution in [0.5, 0.6) is 0 Å². The van der Waals surface area contributed by atoms with E-state index in [1.165, 1.54) is 13.8 Å². The van der Waals surface area contributed by atoms with Crippen LogP contribution in [0.4, 0.5) is 0 Å². The molecule has 8 aliphatic rings. The van der Waals surface area contributed by atoms with Crippen LogP contribution >= 0.6 is 0 Å². The van der Waals surface area contributed by atoms with E-state index in [-0.39, 0.29) is 6.41 Å². The van der Waals surface area contributed by atoms with Gasteiger partial charge >= 0.3 is 0 Å². The lowest BCUT2D eigenvalue weighted by molar-refractivity contribution is -0.399. The lowest BCUT2D eigenvalue weighted by Gasteiger charge is -2.52. The summed E-state index contributed by atoms with van der Waals surface area (Å²) in [6.07, 6.45) is -74.5. The van der Waals surface area contributed by atoms with Crippen molar-refractivity contribution < 1.29 is 203 Å². The fraction of sp³-hybridized carbons (Fsp3) is 0.946. The average Bonchev–Trinajstić information content (AvgIpc) is 0.771. The lowest BCUT2D eigenvalue weighted by Crippen LogP contribution is -2.72. The number of nitrogens with one attached hydrogen (secondary N) is 3. The van der Waals surface area contributed by atoms with Crippen molar-refractivity contribution in [2.45, 2.75) is 279 Å². The molecule has 580 valence electrons. The number of hydrogen-bond acceptors (Lipinski definition) is 41. The third-order valence-electron chi connectivity index (χ3n) is 18.3. The molecule has 0 aromatic carbocycles. The molecule has 8 fully saturated rings. The van der Waals surface area contributed by atoms with E-state index >= 15 is 0 Å². The van der Waals surface area contributed by atoms with Crippen LogP contribution in [0.3, 0.4) is 0 Å². The Morgan fingerprint density at radius 2 is 0.680 bits per heavy atom. The van der Waals surface area contributed by atoms with Crippen LogP contribution in [0.2, 0.25) is 0 Å². The first-order valence-corrected chi connectivity index (χ1v) is 32.1. The summed E-state index contributed by atoms with van der Waals surface area (Å²) in [6.45, 7) is -3.20. The molecule has 0 spiro atoms. The van der Waals surface area contributed by atoms with Crippen molar-refractivity contribution in [3.63, 3.8) is 0 Å². The Kier molecular flexibility index (Phi) is 30.1. The summed E-state index contributed by atoms with van der Waals surface area (Å²) < 4.78 is 94.4. The summed E-state index contributed by atoms with van der Waals surface area (Å²) in [7, 11) is 0. The van der Waals surface area contributed by atoms with Gasteiger partial charge in [-0.05, 0) is 13.8 Å². The van der Waals surface area contributed by atoms with Gasteiger partial charge in [0.05, 0.1) is 71.1 Å². The Morgan fingerprint density at radius 3 is 1.14 bits per heavy atom. The quantitative estimate of drug-likeness (QED) is 0.0324. The zero-order chi connectivity index (χ0) is 73.6. The summed E-state index contributed by atoms with van der Waals surface area (Å²) >= 11 is 0. The minimum Gasteiger partial charge on any atom is -0.394 e. The second kappa shape index (κ2) is 36.5. The second-order valence-corrected chi connectivity index (χ2v) is 25.3. The number of amides is 3. The predicted molar refractivity (Wildman–Crippen MR) is 309 cm³/mol. The van der Waals surface area contributed by atoms with Gasteiger partial charge < -0.3 is 204 Å². The number of aliphatic hydroxyl groups is 22. The van der Waals surface area contributed by atoms with Crippen LogP contribution in [0.25, 0.3) is 0 Å². The van der Waals surface area contributed by atoms with E-state index in [0.717, 1.165) is 13.8 Å². The van der Waals surface area contributed by atoms with Crippen molar-refractivity contribution in [2.75, 3.05) is 52.9 Å². The minimum absolute atomic E-state index is 0.256. The predicted octanol–water partition coefficient (Wildman–Crippen LogP) is -17.0. The maximum Gasteiger partial charge on any atom is 0.217 e. The maximum absolute atomic E-state index is 13.4. The molecule has 8 aliphatic heterocycles. The van der Waals surface area contributed by atoms with E-state index in [4.69, 9.17) is 75.8 Å². The van der Waals surface area contributed by atoms with E-state index in [0.29, 0.717) is 0 Å². The summed E-state index contributed by atoms with van der Waals surface area (Å²) in [5.74, 6) is -1.90. The van der Waals surface area contributed by atoms with Gasteiger partial charge in [-0.1, -0.05) is 0 Å². The third-order valence-corrected chi connectivity index (χ3v) is 18.3. The lowest BCUT2D eigenvalue weighted by atomic mass is 9.93. The van der Waals surface area contributed by atoms with Gasteiger partial charge in [0.15, 0.2) is 50.3 Å². The van der Waals surface area contributed by atoms with Gasteiger partial charge in [-0.2, -0.15) is 0 Å². The SMILES string of the molecule is CC(=O)N[C@H]1[C@H](O[C@H]2[C@@H](O)[C@@H](CO)O[C@@H](O[C@H]3[C@H](O[C@@H]4O[C@@H](C)[C@@H](O)[C@@H](O)[C@@H]4O)[C@@H](NC(C)=O)[C@H](O[C@H]4[C@@H](O)[C@@H](CO)O[C@@H](O[C@H]5[C@H](O)[C@@H](O)[C@H](OC[C@@H](CO)NC=O)O[C@@H]5CO)[C@@H]4O)O[C@@H]3CO)[C@@H]2O)O[C@H](CO)[C@@H](O[C@@H]2O[C@H](CO)[C@H](O)[C@H](O)[C@H]2O[C@@H]2O[C@@H](C)[C@@H](O)[C@@H](O)[C@@H]2O)[C@@H]1O. The van der Waals surface area contributed by atoms with Crippen LogP contribution in [0, 0.1) is 0 Å². The zero-order valence-corrected chi connectivity index (χ0v) is 54.0. The van der Waals surface area contributed by atoms with Crippen molar-refractivity contribution in [3.05, 3.63) is 0 Å². The van der Waals surface area contributed by atoms with Crippen LogP contribution in [-0.2, 0) is 90.2 Å². The van der Waals surface area contributed by atoms with Crippen LogP contribution in [-0.4, -0.2) is 435 Å². The number of ether oxygens (including phenoxy) is 16. The Labute approximate surface area is 567 Å². The van der Waals surface area contributed by atoms with Gasteiger partial charge in [-0.3, -0.25) is 14.4 Å². The van der Waals surface area contributed by atoms with Crippen molar-refractivity contribution in [3.8, 4) is 0 Å². The van der Waals surface area contributed by atoms with E-state index in [9.17, 15) is 127 Å². The van der Waals surface area contributed by atoms with Gasteiger partial charge in [0.25, 0.3) is 0 Å². The smallest absolute Gasteiger partial charge is 0.217 e. The molecular formula is C56H95N3O41. The molecule has 25 N–H and O–H groups in total. The molecule has 0 saturated carbocycles. The first-order chi connectivity index (χ1) is 47.4. The topological polar surface area (TPSA) is 680 Å². The average molecular weight is 1470 g/mol. The van der Waals surface area contributed by atoms with E-state index in [1.807, 2.05) is 0 Å². The molecule has 8 heterocycles. The van der Waals surface area contributed by atoms with Gasteiger partial charge in [-0.25, -0.2) is 0 Å². The monoisotopic (exact) mass is 1470 g/mol. The van der Waals surface area contributed by atoms with Gasteiger partial charge in [-0.15, -0.1) is 0 Å². The second-order valence-electron chi connectivity index (χ2n) is 25.3. The summed E-state index contributed by atoms with van der Waals surface area (Å²) in [4.78, 5) is 37.3. The molecule has 44 nitrogen and oxygen atoms in total. The molecule has 0 radical (unpaired) electrons. The van der Waals surface area contributed by atoms with E-state index < -0.39 is 316 Å². The molecule has 100 heavy (non-hydrogen) atoms. The molecular weight excluding hydrogens is 1370 g/mol. The van der Waals surface area contributed by atoms with Gasteiger partial charge in [0.1, 0.15) is 183 Å². The molecule has 0 unspecified atom stereocenters. The first kappa shape index (κ1) is 82.5. The molecule has 41 atom stereocenters. The highest BCUT2D eigenvalue weighted by Crippen LogP contribution is 2.40. The van der Waals surface area contributed by atoms with Crippen molar-refractivity contribution in [2.24, 2.45) is 0 Å². The van der Waals surface area contributed by atoms with Gasteiger partial charge in [0, 0.05) is 13.8 Å². The molecule has 8 rings (SSSR count). The highest BCUT2D eigenvalue weighted by molar-refractivity contribution is 5.73. The number of hydrogen-bond donors (Lipinski definition) is 25. The number of carbonyl (C=O) groups excluding carboxylic acids is 3. The normalized spacial score (nSPS) is 49.1. The first-order valence-electron chi connectivity index (χ1n) is 32.1. The molecule has 0 aliphatic carbocycles. The Balaban J connectivity index is 1.07. The maximum atomic E-state index is 13.4. The van der Waals surface area contributed by atoms with E-state index in [1.54, 1.807) is 0 Å². The largest absolute Gasteiger partial charge is 0.394 e. The number of rotatable bonds is 28. The number of aliphatic hydroxyl groups excluding tert-OH is 22. The highest BCUT2D eigenvalue weighted by atomic mass is 16.8. The van der Waals surface area contributed by atoms with Crippen molar-refractivity contribution >= 4 is 18.2 Å². The Morgan fingerprint density at radius 1 is 0.340 bits per heavy atom. The summed E-state index contributed by atoms with van der Waals surface area (Å²) in [5, 5.41) is 249.